The standard InChI is InChI=1S/C15H26N4/c1-4-12-6-5-8-19(9-7-12)14-10-13(16)17-15(18-14)11(2)3/h10-12H,4-9H2,1-3H3,(H2,16,17,18). The molecule has 1 aromatic heterocycles. The maximum absolute atomic E-state index is 5.92. The van der Waals surface area contributed by atoms with E-state index in [0.717, 1.165) is 30.6 Å². The summed E-state index contributed by atoms with van der Waals surface area (Å²) >= 11 is 0. The number of rotatable bonds is 3. The van der Waals surface area contributed by atoms with Crippen molar-refractivity contribution in [2.24, 2.45) is 5.92 Å². The molecule has 1 fully saturated rings. The molecule has 0 amide bonds. The van der Waals surface area contributed by atoms with Gasteiger partial charge in [-0.2, -0.15) is 0 Å². The van der Waals surface area contributed by atoms with Gasteiger partial charge < -0.3 is 10.6 Å². The molecular weight excluding hydrogens is 236 g/mol. The van der Waals surface area contributed by atoms with E-state index in [9.17, 15) is 0 Å². The highest BCUT2D eigenvalue weighted by molar-refractivity contribution is 5.47. The fourth-order valence-corrected chi connectivity index (χ4v) is 2.69. The number of anilines is 2. The van der Waals surface area contributed by atoms with Gasteiger partial charge in [0.05, 0.1) is 0 Å². The third kappa shape index (κ3) is 3.58. The van der Waals surface area contributed by atoms with Crippen LogP contribution in [0.1, 0.15) is 58.2 Å². The van der Waals surface area contributed by atoms with Crippen molar-refractivity contribution >= 4 is 11.6 Å². The molecule has 1 aromatic rings. The van der Waals surface area contributed by atoms with E-state index >= 15 is 0 Å². The van der Waals surface area contributed by atoms with Crippen LogP contribution in [0.15, 0.2) is 6.07 Å². The van der Waals surface area contributed by atoms with Gasteiger partial charge in [-0.15, -0.1) is 0 Å². The lowest BCUT2D eigenvalue weighted by Gasteiger charge is -2.22. The van der Waals surface area contributed by atoms with Gasteiger partial charge in [0.1, 0.15) is 17.5 Å². The molecule has 2 heterocycles. The van der Waals surface area contributed by atoms with Crippen LogP contribution in [0.4, 0.5) is 11.6 Å². The average molecular weight is 262 g/mol. The van der Waals surface area contributed by atoms with Crippen molar-refractivity contribution in [3.8, 4) is 0 Å². The zero-order chi connectivity index (χ0) is 13.8. The van der Waals surface area contributed by atoms with Crippen LogP contribution in [-0.4, -0.2) is 23.1 Å². The molecule has 0 saturated carbocycles. The summed E-state index contributed by atoms with van der Waals surface area (Å²) in [4.78, 5) is 11.4. The lowest BCUT2D eigenvalue weighted by atomic mass is 9.98. The molecule has 0 bridgehead atoms. The Morgan fingerprint density at radius 1 is 1.32 bits per heavy atom. The minimum Gasteiger partial charge on any atom is -0.384 e. The van der Waals surface area contributed by atoms with Crippen molar-refractivity contribution in [2.45, 2.75) is 52.4 Å². The maximum Gasteiger partial charge on any atom is 0.135 e. The fourth-order valence-electron chi connectivity index (χ4n) is 2.69. The molecule has 19 heavy (non-hydrogen) atoms. The molecule has 2 rings (SSSR count). The number of nitrogen functional groups attached to an aromatic ring is 1. The Labute approximate surface area is 116 Å². The maximum atomic E-state index is 5.92. The normalized spacial score (nSPS) is 20.6. The quantitative estimate of drug-likeness (QED) is 0.909. The van der Waals surface area contributed by atoms with E-state index in [2.05, 4.69) is 35.6 Å². The third-order valence-corrected chi connectivity index (χ3v) is 4.02. The smallest absolute Gasteiger partial charge is 0.135 e. The second-order valence-electron chi connectivity index (χ2n) is 5.86. The predicted molar refractivity (Wildman–Crippen MR) is 80.4 cm³/mol. The first-order chi connectivity index (χ1) is 9.10. The van der Waals surface area contributed by atoms with E-state index in [0.29, 0.717) is 11.7 Å². The minimum atomic E-state index is 0.317. The third-order valence-electron chi connectivity index (χ3n) is 4.02. The van der Waals surface area contributed by atoms with Gasteiger partial charge in [0, 0.05) is 25.1 Å². The van der Waals surface area contributed by atoms with Crippen LogP contribution in [-0.2, 0) is 0 Å². The van der Waals surface area contributed by atoms with Gasteiger partial charge >= 0.3 is 0 Å². The Morgan fingerprint density at radius 3 is 2.79 bits per heavy atom. The Morgan fingerprint density at radius 2 is 2.11 bits per heavy atom. The first kappa shape index (κ1) is 14.1. The summed E-state index contributed by atoms with van der Waals surface area (Å²) in [5.41, 5.74) is 5.92. The van der Waals surface area contributed by atoms with E-state index in [1.54, 1.807) is 0 Å². The summed E-state index contributed by atoms with van der Waals surface area (Å²) in [7, 11) is 0. The molecule has 4 heteroatoms. The Kier molecular flexibility index (Phi) is 4.61. The summed E-state index contributed by atoms with van der Waals surface area (Å²) < 4.78 is 0. The van der Waals surface area contributed by atoms with E-state index < -0.39 is 0 Å². The summed E-state index contributed by atoms with van der Waals surface area (Å²) in [6, 6.07) is 1.91. The van der Waals surface area contributed by atoms with E-state index in [1.807, 2.05) is 6.07 Å². The topological polar surface area (TPSA) is 55.0 Å². The molecule has 0 radical (unpaired) electrons. The fraction of sp³-hybridized carbons (Fsp3) is 0.733. The van der Waals surface area contributed by atoms with Crippen LogP contribution in [0, 0.1) is 5.92 Å². The molecule has 1 aliphatic rings. The van der Waals surface area contributed by atoms with E-state index in [1.165, 1.54) is 25.7 Å². The molecule has 1 unspecified atom stereocenters. The summed E-state index contributed by atoms with van der Waals surface area (Å²) in [6.45, 7) is 8.68. The molecule has 1 atom stereocenters. The van der Waals surface area contributed by atoms with Gasteiger partial charge in [-0.3, -0.25) is 0 Å². The van der Waals surface area contributed by atoms with E-state index in [-0.39, 0.29) is 0 Å². The zero-order valence-corrected chi connectivity index (χ0v) is 12.4. The summed E-state index contributed by atoms with van der Waals surface area (Å²) in [5, 5.41) is 0. The summed E-state index contributed by atoms with van der Waals surface area (Å²) in [5.74, 6) is 3.63. The largest absolute Gasteiger partial charge is 0.384 e. The zero-order valence-electron chi connectivity index (χ0n) is 12.4. The van der Waals surface area contributed by atoms with Gasteiger partial charge in [-0.25, -0.2) is 9.97 Å². The van der Waals surface area contributed by atoms with Crippen molar-refractivity contribution in [2.75, 3.05) is 23.7 Å². The van der Waals surface area contributed by atoms with E-state index in [4.69, 9.17) is 5.73 Å². The molecular formula is C15H26N4. The number of nitrogens with zero attached hydrogens (tertiary/aromatic N) is 3. The highest BCUT2D eigenvalue weighted by Gasteiger charge is 2.18. The second-order valence-corrected chi connectivity index (χ2v) is 5.86. The van der Waals surface area contributed by atoms with Crippen LogP contribution in [0.2, 0.25) is 0 Å². The van der Waals surface area contributed by atoms with Gasteiger partial charge in [0.2, 0.25) is 0 Å². The predicted octanol–water partition coefficient (Wildman–Crippen LogP) is 3.20. The van der Waals surface area contributed by atoms with Crippen molar-refractivity contribution in [3.63, 3.8) is 0 Å². The van der Waals surface area contributed by atoms with Crippen LogP contribution < -0.4 is 10.6 Å². The van der Waals surface area contributed by atoms with Gasteiger partial charge in [0.25, 0.3) is 0 Å². The Bertz CT molecular complexity index is 417. The lowest BCUT2D eigenvalue weighted by molar-refractivity contribution is 0.459. The molecule has 0 aromatic carbocycles. The minimum absolute atomic E-state index is 0.317. The van der Waals surface area contributed by atoms with Crippen LogP contribution in [0.25, 0.3) is 0 Å². The highest BCUT2D eigenvalue weighted by Crippen LogP contribution is 2.25. The number of hydrogen-bond acceptors (Lipinski definition) is 4. The van der Waals surface area contributed by atoms with Gasteiger partial charge in [-0.05, 0) is 25.2 Å². The molecule has 2 N–H and O–H groups in total. The first-order valence-electron chi connectivity index (χ1n) is 7.49. The number of hydrogen-bond donors (Lipinski definition) is 1. The van der Waals surface area contributed by atoms with Crippen molar-refractivity contribution < 1.29 is 0 Å². The van der Waals surface area contributed by atoms with Gasteiger partial charge in [-0.1, -0.05) is 27.2 Å². The van der Waals surface area contributed by atoms with Crippen LogP contribution in [0.5, 0.6) is 0 Å². The second kappa shape index (κ2) is 6.22. The highest BCUT2D eigenvalue weighted by atomic mass is 15.2. The lowest BCUT2D eigenvalue weighted by Crippen LogP contribution is -2.26. The van der Waals surface area contributed by atoms with Crippen LogP contribution >= 0.6 is 0 Å². The Hall–Kier alpha value is -1.32. The molecule has 0 spiro atoms. The van der Waals surface area contributed by atoms with Crippen molar-refractivity contribution in [1.82, 2.24) is 9.97 Å². The Balaban J connectivity index is 2.16. The first-order valence-corrected chi connectivity index (χ1v) is 7.49. The monoisotopic (exact) mass is 262 g/mol. The van der Waals surface area contributed by atoms with Gasteiger partial charge in [0.15, 0.2) is 0 Å². The summed E-state index contributed by atoms with van der Waals surface area (Å²) in [6.07, 6.45) is 5.14. The molecule has 106 valence electrons. The number of nitrogens with two attached hydrogens (primary N) is 1. The SMILES string of the molecule is CCC1CCCN(c2cc(N)nc(C(C)C)n2)CC1. The molecule has 1 aliphatic heterocycles. The molecule has 1 saturated heterocycles. The number of aromatic nitrogens is 2. The molecule has 0 aliphatic carbocycles. The average Bonchev–Trinajstić information content (AvgIpc) is 2.63. The van der Waals surface area contributed by atoms with Crippen LogP contribution in [0.3, 0.4) is 0 Å². The van der Waals surface area contributed by atoms with Crippen molar-refractivity contribution in [1.29, 1.82) is 0 Å². The van der Waals surface area contributed by atoms with Crippen molar-refractivity contribution in [3.05, 3.63) is 11.9 Å². The molecule has 4 nitrogen and oxygen atoms in total.